The maximum absolute atomic E-state index is 5.63. The average Bonchev–Trinajstić information content (AvgIpc) is 2.78. The smallest absolute Gasteiger partial charge is 0.221 e. The molecule has 1 aliphatic heterocycles. The van der Waals surface area contributed by atoms with Gasteiger partial charge in [-0.1, -0.05) is 18.2 Å². The van der Waals surface area contributed by atoms with E-state index in [1.807, 2.05) is 25.1 Å². The fourth-order valence-electron chi connectivity index (χ4n) is 2.08. The van der Waals surface area contributed by atoms with Gasteiger partial charge in [0.15, 0.2) is 0 Å². The van der Waals surface area contributed by atoms with Crippen molar-refractivity contribution in [1.29, 1.82) is 0 Å². The van der Waals surface area contributed by atoms with Gasteiger partial charge in [-0.3, -0.25) is 0 Å². The Bertz CT molecular complexity index is 537. The first kappa shape index (κ1) is 9.46. The van der Waals surface area contributed by atoms with Gasteiger partial charge >= 0.3 is 0 Å². The van der Waals surface area contributed by atoms with E-state index in [2.05, 4.69) is 11.1 Å². The van der Waals surface area contributed by atoms with E-state index in [0.29, 0.717) is 6.61 Å². The van der Waals surface area contributed by atoms with Crippen LogP contribution in [0.25, 0.3) is 10.8 Å². The molecule has 0 aliphatic carbocycles. The molecule has 3 nitrogen and oxygen atoms in total. The van der Waals surface area contributed by atoms with Crippen LogP contribution in [-0.2, 0) is 6.42 Å². The summed E-state index contributed by atoms with van der Waals surface area (Å²) in [5.74, 6) is 1.65. The Morgan fingerprint density at radius 3 is 2.94 bits per heavy atom. The summed E-state index contributed by atoms with van der Waals surface area (Å²) < 4.78 is 11.2. The lowest BCUT2D eigenvalue weighted by atomic mass is 10.1. The normalized spacial score (nSPS) is 13.6. The Kier molecular flexibility index (Phi) is 2.17. The summed E-state index contributed by atoms with van der Waals surface area (Å²) >= 11 is 0. The SMILES string of the molecule is CCOc1nc2c(c3ccccc13)OCC2. The van der Waals surface area contributed by atoms with Crippen LogP contribution in [0.4, 0.5) is 0 Å². The van der Waals surface area contributed by atoms with Crippen LogP contribution >= 0.6 is 0 Å². The first-order valence-electron chi connectivity index (χ1n) is 5.57. The van der Waals surface area contributed by atoms with Crippen molar-refractivity contribution in [1.82, 2.24) is 4.98 Å². The third kappa shape index (κ3) is 1.32. The van der Waals surface area contributed by atoms with E-state index < -0.39 is 0 Å². The molecule has 2 heterocycles. The van der Waals surface area contributed by atoms with Crippen LogP contribution in [0.5, 0.6) is 11.6 Å². The van der Waals surface area contributed by atoms with E-state index in [4.69, 9.17) is 9.47 Å². The van der Waals surface area contributed by atoms with Gasteiger partial charge in [-0.15, -0.1) is 0 Å². The summed E-state index contributed by atoms with van der Waals surface area (Å²) in [6, 6.07) is 8.09. The zero-order valence-electron chi connectivity index (χ0n) is 9.19. The Balaban J connectivity index is 2.31. The van der Waals surface area contributed by atoms with Crippen molar-refractivity contribution in [2.75, 3.05) is 13.2 Å². The second-order valence-corrected chi connectivity index (χ2v) is 3.77. The fraction of sp³-hybridized carbons (Fsp3) is 0.308. The molecule has 0 amide bonds. The van der Waals surface area contributed by atoms with Gasteiger partial charge in [-0.2, -0.15) is 0 Å². The molecule has 0 bridgehead atoms. The fourth-order valence-corrected chi connectivity index (χ4v) is 2.08. The van der Waals surface area contributed by atoms with Crippen molar-refractivity contribution in [2.24, 2.45) is 0 Å². The predicted octanol–water partition coefficient (Wildman–Crippen LogP) is 2.57. The predicted molar refractivity (Wildman–Crippen MR) is 62.1 cm³/mol. The number of hydrogen-bond acceptors (Lipinski definition) is 3. The molecule has 82 valence electrons. The topological polar surface area (TPSA) is 31.4 Å². The molecule has 0 saturated carbocycles. The highest BCUT2D eigenvalue weighted by atomic mass is 16.5. The quantitative estimate of drug-likeness (QED) is 0.771. The molecule has 2 aromatic rings. The van der Waals surface area contributed by atoms with Crippen molar-refractivity contribution in [3.63, 3.8) is 0 Å². The van der Waals surface area contributed by atoms with Gasteiger partial charge in [0.2, 0.25) is 5.88 Å². The van der Waals surface area contributed by atoms with Crippen molar-refractivity contribution in [3.05, 3.63) is 30.0 Å². The highest BCUT2D eigenvalue weighted by molar-refractivity contribution is 5.93. The number of nitrogens with zero attached hydrogens (tertiary/aromatic N) is 1. The standard InChI is InChI=1S/C13H13NO2/c1-2-15-13-10-6-4-3-5-9(10)12-11(14-13)7-8-16-12/h3-6H,2,7-8H2,1H3. The summed E-state index contributed by atoms with van der Waals surface area (Å²) in [7, 11) is 0. The van der Waals surface area contributed by atoms with Gasteiger partial charge in [0.25, 0.3) is 0 Å². The van der Waals surface area contributed by atoms with Gasteiger partial charge < -0.3 is 9.47 Å². The number of rotatable bonds is 2. The lowest BCUT2D eigenvalue weighted by Crippen LogP contribution is -1.97. The van der Waals surface area contributed by atoms with Crippen LogP contribution in [-0.4, -0.2) is 18.2 Å². The van der Waals surface area contributed by atoms with E-state index in [9.17, 15) is 0 Å². The van der Waals surface area contributed by atoms with Gasteiger partial charge in [-0.25, -0.2) is 4.98 Å². The lowest BCUT2D eigenvalue weighted by molar-refractivity contribution is 0.330. The molecular weight excluding hydrogens is 202 g/mol. The highest BCUT2D eigenvalue weighted by Crippen LogP contribution is 2.36. The molecular formula is C13H13NO2. The van der Waals surface area contributed by atoms with E-state index in [1.54, 1.807) is 0 Å². The number of aromatic nitrogens is 1. The number of hydrogen-bond donors (Lipinski definition) is 0. The molecule has 0 unspecified atom stereocenters. The number of benzene rings is 1. The molecule has 0 atom stereocenters. The monoisotopic (exact) mass is 215 g/mol. The van der Waals surface area contributed by atoms with Crippen LogP contribution in [0.1, 0.15) is 12.6 Å². The molecule has 0 spiro atoms. The number of pyridine rings is 1. The molecule has 1 aromatic heterocycles. The molecule has 3 rings (SSSR count). The minimum Gasteiger partial charge on any atom is -0.491 e. The van der Waals surface area contributed by atoms with Crippen LogP contribution in [0.2, 0.25) is 0 Å². The van der Waals surface area contributed by atoms with E-state index in [0.717, 1.165) is 41.1 Å². The molecule has 1 aliphatic rings. The van der Waals surface area contributed by atoms with Crippen molar-refractivity contribution in [2.45, 2.75) is 13.3 Å². The van der Waals surface area contributed by atoms with Gasteiger partial charge in [0.05, 0.1) is 18.9 Å². The second-order valence-electron chi connectivity index (χ2n) is 3.77. The number of fused-ring (bicyclic) bond motifs is 3. The summed E-state index contributed by atoms with van der Waals surface area (Å²) in [5.41, 5.74) is 1.02. The second kappa shape index (κ2) is 3.67. The van der Waals surface area contributed by atoms with Crippen molar-refractivity contribution >= 4 is 10.8 Å². The molecule has 1 aromatic carbocycles. The Morgan fingerprint density at radius 1 is 1.31 bits per heavy atom. The number of ether oxygens (including phenoxy) is 2. The van der Waals surface area contributed by atoms with Gasteiger partial charge in [-0.05, 0) is 13.0 Å². The lowest BCUT2D eigenvalue weighted by Gasteiger charge is -2.09. The molecule has 0 fully saturated rings. The Labute approximate surface area is 94.0 Å². The van der Waals surface area contributed by atoms with Crippen molar-refractivity contribution < 1.29 is 9.47 Å². The van der Waals surface area contributed by atoms with E-state index >= 15 is 0 Å². The molecule has 0 N–H and O–H groups in total. The van der Waals surface area contributed by atoms with E-state index in [-0.39, 0.29) is 0 Å². The van der Waals surface area contributed by atoms with Crippen LogP contribution in [0.15, 0.2) is 24.3 Å². The first-order chi connectivity index (χ1) is 7.90. The van der Waals surface area contributed by atoms with Crippen LogP contribution in [0, 0.1) is 0 Å². The summed E-state index contributed by atoms with van der Waals surface area (Å²) in [5, 5.41) is 2.14. The molecule has 3 heteroatoms. The Morgan fingerprint density at radius 2 is 2.12 bits per heavy atom. The maximum atomic E-state index is 5.63. The van der Waals surface area contributed by atoms with Crippen LogP contribution in [0.3, 0.4) is 0 Å². The van der Waals surface area contributed by atoms with Gasteiger partial charge in [0.1, 0.15) is 5.75 Å². The first-order valence-corrected chi connectivity index (χ1v) is 5.57. The minimum absolute atomic E-state index is 0.636. The third-order valence-electron chi connectivity index (χ3n) is 2.77. The van der Waals surface area contributed by atoms with Gasteiger partial charge in [0, 0.05) is 17.2 Å². The molecule has 16 heavy (non-hydrogen) atoms. The zero-order chi connectivity index (χ0) is 11.0. The Hall–Kier alpha value is -1.77. The van der Waals surface area contributed by atoms with Crippen molar-refractivity contribution in [3.8, 4) is 11.6 Å². The molecule has 0 radical (unpaired) electrons. The minimum atomic E-state index is 0.636. The largest absolute Gasteiger partial charge is 0.491 e. The van der Waals surface area contributed by atoms with Crippen LogP contribution < -0.4 is 9.47 Å². The maximum Gasteiger partial charge on any atom is 0.221 e. The highest BCUT2D eigenvalue weighted by Gasteiger charge is 2.19. The third-order valence-corrected chi connectivity index (χ3v) is 2.77. The summed E-state index contributed by atoms with van der Waals surface area (Å²) in [6.45, 7) is 3.33. The zero-order valence-corrected chi connectivity index (χ0v) is 9.19. The summed E-state index contributed by atoms with van der Waals surface area (Å²) in [6.07, 6.45) is 0.875. The average molecular weight is 215 g/mol. The summed E-state index contributed by atoms with van der Waals surface area (Å²) in [4.78, 5) is 4.52. The van der Waals surface area contributed by atoms with E-state index in [1.165, 1.54) is 0 Å². The molecule has 0 saturated heterocycles.